The molecule has 1 aromatic rings. The number of nitrogens with one attached hydrogen (secondary N) is 4. The Hall–Kier alpha value is -3.78. The maximum absolute atomic E-state index is 14.7. The molecular formula is C40H60N6O7S. The quantitative estimate of drug-likeness (QED) is 0.155. The van der Waals surface area contributed by atoms with E-state index in [9.17, 15) is 32.4 Å². The van der Waals surface area contributed by atoms with Crippen molar-refractivity contribution in [2.24, 2.45) is 29.1 Å². The van der Waals surface area contributed by atoms with Crippen molar-refractivity contribution >= 4 is 39.6 Å². The first-order valence-electron chi connectivity index (χ1n) is 19.7. The molecule has 298 valence electrons. The number of Topliss-reactive ketones (excluding diaryl/α,β-unsaturated/α-hetero) is 1. The maximum Gasteiger partial charge on any atom is 0.315 e. The fourth-order valence-electron chi connectivity index (χ4n) is 8.25. The Balaban J connectivity index is 1.35. The number of hydrogen-bond acceptors (Lipinski definition) is 7. The Morgan fingerprint density at radius 3 is 2.24 bits per heavy atom. The summed E-state index contributed by atoms with van der Waals surface area (Å²) < 4.78 is 28.2. The van der Waals surface area contributed by atoms with E-state index in [-0.39, 0.29) is 54.1 Å². The number of hydrogen-bond donors (Lipinski definition) is 4. The van der Waals surface area contributed by atoms with Crippen molar-refractivity contribution in [3.63, 3.8) is 0 Å². The normalized spacial score (nSPS) is 23.2. The topological polar surface area (TPSA) is 174 Å². The lowest BCUT2D eigenvalue weighted by Gasteiger charge is -2.38. The molecule has 4 aliphatic rings. The summed E-state index contributed by atoms with van der Waals surface area (Å²) in [6, 6.07) is 2.91. The average molecular weight is 769 g/mol. The van der Waals surface area contributed by atoms with Gasteiger partial charge in [0.2, 0.25) is 27.6 Å². The third-order valence-corrected chi connectivity index (χ3v) is 13.6. The van der Waals surface area contributed by atoms with Crippen LogP contribution in [0.5, 0.6) is 0 Å². The lowest BCUT2D eigenvalue weighted by Crippen LogP contribution is -2.61. The van der Waals surface area contributed by atoms with Crippen molar-refractivity contribution in [3.05, 3.63) is 42.5 Å². The Labute approximate surface area is 320 Å². The highest BCUT2D eigenvalue weighted by molar-refractivity contribution is 7.89. The summed E-state index contributed by atoms with van der Waals surface area (Å²) in [6.45, 7) is 14.1. The molecule has 4 N–H and O–H groups in total. The van der Waals surface area contributed by atoms with Crippen LogP contribution in [0, 0.1) is 29.1 Å². The number of likely N-dealkylation sites (tertiary alicyclic amines) is 1. The van der Waals surface area contributed by atoms with E-state index < -0.39 is 63.2 Å². The van der Waals surface area contributed by atoms with Gasteiger partial charge >= 0.3 is 6.03 Å². The number of carbonyl (C=O) groups is 5. The van der Waals surface area contributed by atoms with Gasteiger partial charge in [-0.2, -0.15) is 4.31 Å². The van der Waals surface area contributed by atoms with Crippen molar-refractivity contribution in [2.75, 3.05) is 19.6 Å². The van der Waals surface area contributed by atoms with Crippen LogP contribution in [0.25, 0.3) is 0 Å². The third kappa shape index (κ3) is 9.71. The van der Waals surface area contributed by atoms with Gasteiger partial charge in [0.15, 0.2) is 0 Å². The molecule has 14 heteroatoms. The van der Waals surface area contributed by atoms with Gasteiger partial charge in [0.05, 0.1) is 10.9 Å². The Morgan fingerprint density at radius 1 is 0.944 bits per heavy atom. The first-order chi connectivity index (χ1) is 25.5. The second kappa shape index (κ2) is 17.3. The van der Waals surface area contributed by atoms with Gasteiger partial charge in [0.25, 0.3) is 5.91 Å². The molecule has 1 aromatic carbocycles. The molecule has 0 bridgehead atoms. The third-order valence-electron chi connectivity index (χ3n) is 11.7. The molecule has 5 atom stereocenters. The van der Waals surface area contributed by atoms with Crippen LogP contribution in [0.2, 0.25) is 0 Å². The number of carbonyl (C=O) groups excluding carboxylic acids is 5. The maximum atomic E-state index is 14.7. The van der Waals surface area contributed by atoms with Gasteiger partial charge in [-0.15, -0.1) is 6.58 Å². The predicted octanol–water partition coefficient (Wildman–Crippen LogP) is 3.88. The Morgan fingerprint density at radius 2 is 1.63 bits per heavy atom. The van der Waals surface area contributed by atoms with Crippen LogP contribution < -0.4 is 21.3 Å². The molecular weight excluding hydrogens is 709 g/mol. The highest BCUT2D eigenvalue weighted by Crippen LogP contribution is 2.37. The van der Waals surface area contributed by atoms with Crippen LogP contribution >= 0.6 is 0 Å². The van der Waals surface area contributed by atoms with E-state index in [0.717, 1.165) is 44.9 Å². The summed E-state index contributed by atoms with van der Waals surface area (Å²) in [5.74, 6) is -2.39. The highest BCUT2D eigenvalue weighted by atomic mass is 32.2. The molecule has 2 aliphatic heterocycles. The monoisotopic (exact) mass is 768 g/mol. The molecule has 0 radical (unpaired) electrons. The lowest BCUT2D eigenvalue weighted by molar-refractivity contribution is -0.144. The van der Waals surface area contributed by atoms with E-state index in [1.54, 1.807) is 29.2 Å². The molecule has 54 heavy (non-hydrogen) atoms. The van der Waals surface area contributed by atoms with E-state index in [2.05, 4.69) is 27.8 Å². The van der Waals surface area contributed by atoms with E-state index in [0.29, 0.717) is 24.9 Å². The van der Waals surface area contributed by atoms with Gasteiger partial charge in [-0.1, -0.05) is 91.0 Å². The number of ketones is 1. The van der Waals surface area contributed by atoms with E-state index >= 15 is 0 Å². The summed E-state index contributed by atoms with van der Waals surface area (Å²) in [7, 11) is -3.74. The predicted molar refractivity (Wildman–Crippen MR) is 205 cm³/mol. The Kier molecular flexibility index (Phi) is 13.3. The fraction of sp³-hybridized carbons (Fsp3) is 0.675. The summed E-state index contributed by atoms with van der Waals surface area (Å²) in [5.41, 5.74) is 0.173. The van der Waals surface area contributed by atoms with Gasteiger partial charge in [0, 0.05) is 32.2 Å². The molecule has 2 saturated carbocycles. The largest absolute Gasteiger partial charge is 0.346 e. The molecule has 0 spiro atoms. The smallest absolute Gasteiger partial charge is 0.315 e. The number of amides is 5. The molecule has 5 amide bonds. The number of rotatable bonds is 15. The van der Waals surface area contributed by atoms with Gasteiger partial charge < -0.3 is 26.2 Å². The van der Waals surface area contributed by atoms with E-state index in [4.69, 9.17) is 0 Å². The second-order valence-electron chi connectivity index (χ2n) is 17.1. The average Bonchev–Trinajstić information content (AvgIpc) is 3.77. The van der Waals surface area contributed by atoms with Crippen LogP contribution in [0.4, 0.5) is 4.79 Å². The molecule has 2 heterocycles. The summed E-state index contributed by atoms with van der Waals surface area (Å²) in [6.07, 6.45) is 8.57. The number of fused-ring (bicyclic) bond motifs is 1. The van der Waals surface area contributed by atoms with E-state index in [1.807, 2.05) is 34.6 Å². The van der Waals surface area contributed by atoms with Crippen molar-refractivity contribution in [1.82, 2.24) is 30.5 Å². The SMILES string of the molecule is C=CCNC(=O)C(=O)C(CC1CC1)NC(=O)[C@@H]1C(C(C)C)CCN1C(=O)[C@@H](NC(=O)N[C@H](CN1Cc2ccccc2S1(=O)=O)C(C)(C)C)C1CCCCC1. The minimum absolute atomic E-state index is 0.0389. The van der Waals surface area contributed by atoms with Crippen molar-refractivity contribution in [1.29, 1.82) is 0 Å². The summed E-state index contributed by atoms with van der Waals surface area (Å²) in [4.78, 5) is 70.7. The highest BCUT2D eigenvalue weighted by Gasteiger charge is 2.48. The van der Waals surface area contributed by atoms with Crippen LogP contribution in [0.1, 0.15) is 98.0 Å². The van der Waals surface area contributed by atoms with Gasteiger partial charge in [-0.25, -0.2) is 13.2 Å². The van der Waals surface area contributed by atoms with Gasteiger partial charge in [-0.3, -0.25) is 19.2 Å². The first kappa shape index (κ1) is 41.4. The minimum Gasteiger partial charge on any atom is -0.346 e. The zero-order valence-corrected chi connectivity index (χ0v) is 33.4. The van der Waals surface area contributed by atoms with Crippen LogP contribution in [0.3, 0.4) is 0 Å². The van der Waals surface area contributed by atoms with Crippen molar-refractivity contribution in [3.8, 4) is 0 Å². The van der Waals surface area contributed by atoms with Crippen molar-refractivity contribution < 1.29 is 32.4 Å². The lowest BCUT2D eigenvalue weighted by atomic mass is 9.82. The zero-order valence-electron chi connectivity index (χ0n) is 32.6. The Bertz CT molecular complexity index is 1680. The van der Waals surface area contributed by atoms with Crippen LogP contribution in [-0.4, -0.2) is 91.0 Å². The first-order valence-corrected chi connectivity index (χ1v) is 21.2. The number of benzene rings is 1. The van der Waals surface area contributed by atoms with E-state index in [1.165, 1.54) is 10.4 Å². The molecule has 0 aromatic heterocycles. The summed E-state index contributed by atoms with van der Waals surface area (Å²) >= 11 is 0. The number of urea groups is 1. The van der Waals surface area contributed by atoms with Crippen molar-refractivity contribution in [2.45, 2.75) is 128 Å². The molecule has 5 rings (SSSR count). The number of nitrogens with zero attached hydrogens (tertiary/aromatic N) is 2. The molecule has 1 saturated heterocycles. The zero-order chi connectivity index (χ0) is 39.4. The standard InChI is InChI=1S/C40H60N6O7S/c1-7-20-41-37(49)35(47)30(22-26-17-18-26)42-36(48)34-29(25(2)3)19-21-46(34)38(50)33(27-13-9-8-10-14-27)44-39(51)43-32(40(4,5)6)24-45-23-28-15-11-12-16-31(28)54(45,52)53/h7,11-12,15-16,25-27,29-30,32-34H,1,8-10,13-14,17-24H2,2-6H3,(H,41,49)(H,42,48)(H2,43,44,51)/t29?,30?,32-,33+,34+/m1/s1. The second-order valence-corrected chi connectivity index (χ2v) is 19.0. The molecule has 3 fully saturated rings. The van der Waals surface area contributed by atoms with Gasteiger partial charge in [0.1, 0.15) is 12.1 Å². The fourth-order valence-corrected chi connectivity index (χ4v) is 9.90. The molecule has 2 aliphatic carbocycles. The molecule has 13 nitrogen and oxygen atoms in total. The van der Waals surface area contributed by atoms with Gasteiger partial charge in [-0.05, 0) is 66.4 Å². The molecule has 2 unspecified atom stereocenters. The minimum atomic E-state index is -3.74. The number of sulfonamides is 1. The summed E-state index contributed by atoms with van der Waals surface area (Å²) in [5, 5.41) is 11.4. The van der Waals surface area contributed by atoms with Crippen LogP contribution in [-0.2, 0) is 35.7 Å². The van der Waals surface area contributed by atoms with Crippen LogP contribution in [0.15, 0.2) is 41.8 Å².